The zero-order valence-corrected chi connectivity index (χ0v) is 13.5. The lowest BCUT2D eigenvalue weighted by molar-refractivity contribution is -0.141. The quantitative estimate of drug-likeness (QED) is 0.646. The topological polar surface area (TPSA) is 102 Å². The van der Waals surface area contributed by atoms with Crippen LogP contribution in [0.4, 0.5) is 43.9 Å². The van der Waals surface area contributed by atoms with Crippen molar-refractivity contribution in [2.24, 2.45) is 0 Å². The molecule has 3 N–H and O–H groups in total. The minimum absolute atomic E-state index is 0.0594. The molecule has 0 aliphatic carbocycles. The summed E-state index contributed by atoms with van der Waals surface area (Å²) < 4.78 is 76.7. The first-order chi connectivity index (χ1) is 13.0. The molecule has 0 bridgehead atoms. The van der Waals surface area contributed by atoms with Crippen LogP contribution >= 0.6 is 0 Å². The van der Waals surface area contributed by atoms with Crippen molar-refractivity contribution in [3.8, 4) is 11.5 Å². The van der Waals surface area contributed by atoms with Gasteiger partial charge in [0, 0.05) is 11.9 Å². The fourth-order valence-electron chi connectivity index (χ4n) is 2.07. The van der Waals surface area contributed by atoms with Gasteiger partial charge in [0.15, 0.2) is 5.82 Å². The lowest BCUT2D eigenvalue weighted by atomic mass is 10.3. The molecule has 0 amide bonds. The number of pyridine rings is 2. The standard InChI is InChI=1S/C15H9F6N7/c16-14(17,18)9-3-1-2-8(25-9)11-26-12(22)28-13(27-11)24-7-4-5-23-10(6-7)15(19,20)21/h1-6H,(H3,22,23,24,26,27,28). The molecule has 146 valence electrons. The molecule has 3 aromatic rings. The van der Waals surface area contributed by atoms with E-state index in [0.717, 1.165) is 18.3 Å². The van der Waals surface area contributed by atoms with Crippen molar-refractivity contribution in [2.45, 2.75) is 12.4 Å². The summed E-state index contributed by atoms with van der Waals surface area (Å²) in [6, 6.07) is 5.03. The Balaban J connectivity index is 1.95. The van der Waals surface area contributed by atoms with Gasteiger partial charge in [0.05, 0.1) is 0 Å². The summed E-state index contributed by atoms with van der Waals surface area (Å²) in [5.74, 6) is -0.927. The van der Waals surface area contributed by atoms with E-state index in [0.29, 0.717) is 6.07 Å². The van der Waals surface area contributed by atoms with E-state index in [1.807, 2.05) is 0 Å². The van der Waals surface area contributed by atoms with Crippen LogP contribution in [0, 0.1) is 0 Å². The zero-order valence-electron chi connectivity index (χ0n) is 13.5. The SMILES string of the molecule is Nc1nc(Nc2ccnc(C(F)(F)F)c2)nc(-c2cccc(C(F)(F)F)n2)n1. The number of rotatable bonds is 3. The number of nitrogen functional groups attached to an aromatic ring is 1. The van der Waals surface area contributed by atoms with E-state index in [9.17, 15) is 26.3 Å². The molecule has 0 radical (unpaired) electrons. The molecule has 0 saturated heterocycles. The molecule has 3 heterocycles. The number of nitrogens with zero attached hydrogens (tertiary/aromatic N) is 5. The molecule has 0 aliphatic heterocycles. The maximum Gasteiger partial charge on any atom is 0.433 e. The number of nitrogens with one attached hydrogen (secondary N) is 1. The molecule has 0 fully saturated rings. The molecule has 0 aliphatic rings. The van der Waals surface area contributed by atoms with Crippen molar-refractivity contribution >= 4 is 17.6 Å². The van der Waals surface area contributed by atoms with E-state index in [1.165, 1.54) is 12.1 Å². The van der Waals surface area contributed by atoms with E-state index in [1.54, 1.807) is 0 Å². The fourth-order valence-corrected chi connectivity index (χ4v) is 2.07. The van der Waals surface area contributed by atoms with Gasteiger partial charge >= 0.3 is 12.4 Å². The summed E-state index contributed by atoms with van der Waals surface area (Å²) >= 11 is 0. The van der Waals surface area contributed by atoms with Gasteiger partial charge in [0.25, 0.3) is 0 Å². The predicted octanol–water partition coefficient (Wildman–Crippen LogP) is 3.69. The Labute approximate surface area is 152 Å². The van der Waals surface area contributed by atoms with Gasteiger partial charge in [-0.15, -0.1) is 0 Å². The zero-order chi connectivity index (χ0) is 20.5. The Morgan fingerprint density at radius 3 is 2.21 bits per heavy atom. The second-order valence-electron chi connectivity index (χ2n) is 5.30. The highest BCUT2D eigenvalue weighted by Crippen LogP contribution is 2.30. The van der Waals surface area contributed by atoms with Crippen LogP contribution < -0.4 is 11.1 Å². The molecule has 0 atom stereocenters. The van der Waals surface area contributed by atoms with Crippen molar-refractivity contribution in [3.63, 3.8) is 0 Å². The molecular weight excluding hydrogens is 392 g/mol. The number of aromatic nitrogens is 5. The fraction of sp³-hybridized carbons (Fsp3) is 0.133. The minimum Gasteiger partial charge on any atom is -0.368 e. The third-order valence-electron chi connectivity index (χ3n) is 3.23. The molecule has 0 spiro atoms. The van der Waals surface area contributed by atoms with Crippen LogP contribution in [0.25, 0.3) is 11.5 Å². The van der Waals surface area contributed by atoms with Crippen molar-refractivity contribution in [2.75, 3.05) is 11.1 Å². The lowest BCUT2D eigenvalue weighted by Gasteiger charge is -2.10. The molecule has 3 aromatic heterocycles. The van der Waals surface area contributed by atoms with Gasteiger partial charge in [0.1, 0.15) is 17.1 Å². The summed E-state index contributed by atoms with van der Waals surface area (Å²) in [5.41, 5.74) is 2.91. The monoisotopic (exact) mass is 401 g/mol. The number of nitrogens with two attached hydrogens (primary N) is 1. The van der Waals surface area contributed by atoms with Crippen LogP contribution in [0.1, 0.15) is 11.4 Å². The van der Waals surface area contributed by atoms with Gasteiger partial charge in [0.2, 0.25) is 11.9 Å². The summed E-state index contributed by atoms with van der Waals surface area (Å²) in [6.07, 6.45) is -8.42. The molecule has 7 nitrogen and oxygen atoms in total. The second kappa shape index (κ2) is 6.90. The molecule has 13 heteroatoms. The lowest BCUT2D eigenvalue weighted by Crippen LogP contribution is -2.10. The van der Waals surface area contributed by atoms with Gasteiger partial charge in [-0.1, -0.05) is 6.07 Å². The summed E-state index contributed by atoms with van der Waals surface area (Å²) in [7, 11) is 0. The van der Waals surface area contributed by atoms with Gasteiger partial charge in [-0.3, -0.25) is 4.98 Å². The first-order valence-corrected chi connectivity index (χ1v) is 7.39. The maximum atomic E-state index is 12.8. The largest absolute Gasteiger partial charge is 0.433 e. The van der Waals surface area contributed by atoms with E-state index in [4.69, 9.17) is 5.73 Å². The first kappa shape index (κ1) is 19.3. The Hall–Kier alpha value is -3.51. The van der Waals surface area contributed by atoms with E-state index in [-0.39, 0.29) is 29.1 Å². The van der Waals surface area contributed by atoms with Gasteiger partial charge in [-0.25, -0.2) is 4.98 Å². The highest BCUT2D eigenvalue weighted by atomic mass is 19.4. The van der Waals surface area contributed by atoms with Crippen LogP contribution in [0.3, 0.4) is 0 Å². The average molecular weight is 401 g/mol. The molecular formula is C15H9F6N7. The molecule has 3 rings (SSSR count). The van der Waals surface area contributed by atoms with E-state index >= 15 is 0 Å². The molecule has 0 aromatic carbocycles. The number of alkyl halides is 6. The Kier molecular flexibility index (Phi) is 4.75. The predicted molar refractivity (Wildman–Crippen MR) is 85.0 cm³/mol. The second-order valence-corrected chi connectivity index (χ2v) is 5.30. The van der Waals surface area contributed by atoms with E-state index in [2.05, 4.69) is 30.2 Å². The smallest absolute Gasteiger partial charge is 0.368 e. The van der Waals surface area contributed by atoms with Crippen molar-refractivity contribution < 1.29 is 26.3 Å². The van der Waals surface area contributed by atoms with Crippen molar-refractivity contribution in [1.82, 2.24) is 24.9 Å². The van der Waals surface area contributed by atoms with Crippen LogP contribution in [0.5, 0.6) is 0 Å². The Morgan fingerprint density at radius 1 is 0.821 bits per heavy atom. The van der Waals surface area contributed by atoms with Gasteiger partial charge in [-0.05, 0) is 24.3 Å². The third kappa shape index (κ3) is 4.42. The molecule has 0 unspecified atom stereocenters. The number of hydrogen-bond donors (Lipinski definition) is 2. The maximum absolute atomic E-state index is 12.8. The van der Waals surface area contributed by atoms with Gasteiger partial charge in [-0.2, -0.15) is 41.3 Å². The van der Waals surface area contributed by atoms with Crippen LogP contribution in [-0.2, 0) is 12.4 Å². The summed E-state index contributed by atoms with van der Waals surface area (Å²) in [6.45, 7) is 0. The molecule has 0 saturated carbocycles. The number of halogens is 6. The normalized spacial score (nSPS) is 12.1. The molecule has 28 heavy (non-hydrogen) atoms. The van der Waals surface area contributed by atoms with Crippen molar-refractivity contribution in [1.29, 1.82) is 0 Å². The number of hydrogen-bond acceptors (Lipinski definition) is 7. The summed E-state index contributed by atoms with van der Waals surface area (Å²) in [4.78, 5) is 17.9. The highest BCUT2D eigenvalue weighted by Gasteiger charge is 2.33. The average Bonchev–Trinajstić information content (AvgIpc) is 2.60. The number of anilines is 3. The van der Waals surface area contributed by atoms with Crippen molar-refractivity contribution in [3.05, 3.63) is 47.9 Å². The highest BCUT2D eigenvalue weighted by molar-refractivity contribution is 5.58. The van der Waals surface area contributed by atoms with Gasteiger partial charge < -0.3 is 11.1 Å². The Bertz CT molecular complexity index is 1000. The van der Waals surface area contributed by atoms with Crippen LogP contribution in [0.15, 0.2) is 36.5 Å². The first-order valence-electron chi connectivity index (χ1n) is 7.39. The van der Waals surface area contributed by atoms with Crippen LogP contribution in [-0.4, -0.2) is 24.9 Å². The third-order valence-corrected chi connectivity index (χ3v) is 3.23. The minimum atomic E-state index is -4.68. The van der Waals surface area contributed by atoms with E-state index < -0.39 is 23.7 Å². The Morgan fingerprint density at radius 2 is 1.54 bits per heavy atom. The summed E-state index contributed by atoms with van der Waals surface area (Å²) in [5, 5.41) is 2.48. The van der Waals surface area contributed by atoms with Crippen LogP contribution in [0.2, 0.25) is 0 Å².